The molecule has 0 saturated heterocycles. The molecule has 1 N–H and O–H groups in total. The number of furan rings is 1. The molecule has 2 aromatic heterocycles. The van der Waals surface area contributed by atoms with Crippen molar-refractivity contribution in [2.45, 2.75) is 26.9 Å². The molecule has 0 bridgehead atoms. The molecule has 0 atom stereocenters. The van der Waals surface area contributed by atoms with Gasteiger partial charge in [0, 0.05) is 31.5 Å². The summed E-state index contributed by atoms with van der Waals surface area (Å²) in [6, 6.07) is 2.07. The quantitative estimate of drug-likeness (QED) is 0.854. The number of hydrogen-bond donors (Lipinski definition) is 1. The van der Waals surface area contributed by atoms with Gasteiger partial charge in [0.2, 0.25) is 0 Å². The molecular weight excluding hydrogens is 202 g/mol. The Labute approximate surface area is 95.3 Å². The maximum atomic E-state index is 5.47. The Morgan fingerprint density at radius 2 is 2.19 bits per heavy atom. The Bertz CT molecular complexity index is 470. The molecule has 0 amide bonds. The number of hydrogen-bond acceptors (Lipinski definition) is 3. The van der Waals surface area contributed by atoms with Crippen molar-refractivity contribution < 1.29 is 4.42 Å². The summed E-state index contributed by atoms with van der Waals surface area (Å²) < 4.78 is 7.48. The second-order valence-electron chi connectivity index (χ2n) is 4.00. The summed E-state index contributed by atoms with van der Waals surface area (Å²) in [6.07, 6.45) is 3.76. The molecular formula is C12H17N3O. The van der Waals surface area contributed by atoms with E-state index in [2.05, 4.69) is 16.4 Å². The van der Waals surface area contributed by atoms with Crippen molar-refractivity contribution in [3.8, 4) is 0 Å². The van der Waals surface area contributed by atoms with Crippen LogP contribution in [0.5, 0.6) is 0 Å². The lowest BCUT2D eigenvalue weighted by atomic mass is 10.2. The highest BCUT2D eigenvalue weighted by molar-refractivity contribution is 5.19. The predicted molar refractivity (Wildman–Crippen MR) is 61.9 cm³/mol. The third-order valence-corrected chi connectivity index (χ3v) is 2.66. The highest BCUT2D eigenvalue weighted by atomic mass is 16.3. The van der Waals surface area contributed by atoms with E-state index in [0.717, 1.165) is 30.4 Å². The first-order chi connectivity index (χ1) is 7.66. The molecule has 0 aliphatic carbocycles. The molecule has 0 fully saturated rings. The largest absolute Gasteiger partial charge is 0.466 e. The van der Waals surface area contributed by atoms with E-state index in [-0.39, 0.29) is 0 Å². The van der Waals surface area contributed by atoms with Crippen LogP contribution in [0.3, 0.4) is 0 Å². The molecule has 2 rings (SSSR count). The second-order valence-corrected chi connectivity index (χ2v) is 4.00. The third kappa shape index (κ3) is 2.33. The molecule has 86 valence electrons. The lowest BCUT2D eigenvalue weighted by molar-refractivity contribution is 0.498. The van der Waals surface area contributed by atoms with Crippen molar-refractivity contribution in [2.75, 3.05) is 0 Å². The van der Waals surface area contributed by atoms with Crippen LogP contribution in [0.4, 0.5) is 0 Å². The van der Waals surface area contributed by atoms with Crippen LogP contribution < -0.4 is 5.32 Å². The normalized spacial score (nSPS) is 10.9. The number of rotatable bonds is 4. The van der Waals surface area contributed by atoms with Crippen molar-refractivity contribution in [1.82, 2.24) is 14.9 Å². The van der Waals surface area contributed by atoms with Crippen molar-refractivity contribution in [3.63, 3.8) is 0 Å². The Morgan fingerprint density at radius 3 is 2.75 bits per heavy atom. The molecule has 0 aliphatic rings. The predicted octanol–water partition coefficient (Wildman–Crippen LogP) is 1.92. The second kappa shape index (κ2) is 4.53. The van der Waals surface area contributed by atoms with Crippen molar-refractivity contribution in [3.05, 3.63) is 41.4 Å². The van der Waals surface area contributed by atoms with Crippen LogP contribution in [0.15, 0.2) is 22.9 Å². The Hall–Kier alpha value is -1.55. The van der Waals surface area contributed by atoms with E-state index in [4.69, 9.17) is 4.42 Å². The molecule has 0 aliphatic heterocycles. The lowest BCUT2D eigenvalue weighted by Gasteiger charge is -2.03. The molecule has 16 heavy (non-hydrogen) atoms. The number of imidazole rings is 1. The molecule has 2 aromatic rings. The van der Waals surface area contributed by atoms with E-state index in [1.165, 1.54) is 5.56 Å². The summed E-state index contributed by atoms with van der Waals surface area (Å²) in [7, 11) is 2.00. The Balaban J connectivity index is 1.89. The number of aryl methyl sites for hydroxylation is 3. The zero-order chi connectivity index (χ0) is 11.5. The molecule has 0 unspecified atom stereocenters. The summed E-state index contributed by atoms with van der Waals surface area (Å²) in [5.74, 6) is 2.99. The first-order valence-corrected chi connectivity index (χ1v) is 5.39. The van der Waals surface area contributed by atoms with Crippen molar-refractivity contribution in [2.24, 2.45) is 7.05 Å². The fraction of sp³-hybridized carbons (Fsp3) is 0.417. The molecule has 4 nitrogen and oxygen atoms in total. The topological polar surface area (TPSA) is 43.0 Å². The molecule has 0 radical (unpaired) electrons. The standard InChI is InChI=1S/C12H17N3O/c1-9-6-11(10(2)16-9)7-13-8-12-14-4-5-15(12)3/h4-6,13H,7-8H2,1-3H3. The summed E-state index contributed by atoms with van der Waals surface area (Å²) in [4.78, 5) is 4.25. The molecule has 2 heterocycles. The van der Waals surface area contributed by atoms with E-state index >= 15 is 0 Å². The SMILES string of the molecule is Cc1cc(CNCc2nccn2C)c(C)o1. The molecule has 0 spiro atoms. The summed E-state index contributed by atoms with van der Waals surface area (Å²) in [5.41, 5.74) is 1.21. The van der Waals surface area contributed by atoms with E-state index in [9.17, 15) is 0 Å². The summed E-state index contributed by atoms with van der Waals surface area (Å²) >= 11 is 0. The van der Waals surface area contributed by atoms with Gasteiger partial charge in [-0.05, 0) is 19.9 Å². The van der Waals surface area contributed by atoms with Crippen LogP contribution >= 0.6 is 0 Å². The van der Waals surface area contributed by atoms with Crippen LogP contribution in [0.1, 0.15) is 22.9 Å². The highest BCUT2D eigenvalue weighted by Gasteiger charge is 2.04. The smallest absolute Gasteiger partial charge is 0.122 e. The van der Waals surface area contributed by atoms with Crippen LogP contribution in [-0.4, -0.2) is 9.55 Å². The van der Waals surface area contributed by atoms with Gasteiger partial charge in [0.1, 0.15) is 17.3 Å². The summed E-state index contributed by atoms with van der Waals surface area (Å²) in [6.45, 7) is 5.54. The minimum atomic E-state index is 0.771. The lowest BCUT2D eigenvalue weighted by Crippen LogP contribution is -2.15. The first-order valence-electron chi connectivity index (χ1n) is 5.39. The van der Waals surface area contributed by atoms with Crippen LogP contribution in [0, 0.1) is 13.8 Å². The number of aromatic nitrogens is 2. The third-order valence-electron chi connectivity index (χ3n) is 2.66. The Kier molecular flexibility index (Phi) is 3.10. The average molecular weight is 219 g/mol. The van der Waals surface area contributed by atoms with Gasteiger partial charge in [-0.15, -0.1) is 0 Å². The van der Waals surface area contributed by atoms with Crippen molar-refractivity contribution >= 4 is 0 Å². The van der Waals surface area contributed by atoms with Gasteiger partial charge in [-0.25, -0.2) is 4.98 Å². The zero-order valence-electron chi connectivity index (χ0n) is 9.95. The van der Waals surface area contributed by atoms with Crippen LogP contribution in [0.25, 0.3) is 0 Å². The van der Waals surface area contributed by atoms with Gasteiger partial charge >= 0.3 is 0 Å². The zero-order valence-corrected chi connectivity index (χ0v) is 9.95. The van der Waals surface area contributed by atoms with Gasteiger partial charge in [0.05, 0.1) is 6.54 Å². The minimum Gasteiger partial charge on any atom is -0.466 e. The maximum Gasteiger partial charge on any atom is 0.122 e. The van der Waals surface area contributed by atoms with Crippen LogP contribution in [0.2, 0.25) is 0 Å². The molecule has 0 saturated carbocycles. The van der Waals surface area contributed by atoms with Crippen molar-refractivity contribution in [1.29, 1.82) is 0 Å². The van der Waals surface area contributed by atoms with E-state index in [1.54, 1.807) is 0 Å². The van der Waals surface area contributed by atoms with Gasteiger partial charge in [-0.2, -0.15) is 0 Å². The van der Waals surface area contributed by atoms with E-state index in [0.29, 0.717) is 0 Å². The van der Waals surface area contributed by atoms with E-state index < -0.39 is 0 Å². The molecule has 0 aromatic carbocycles. The fourth-order valence-electron chi connectivity index (χ4n) is 1.73. The van der Waals surface area contributed by atoms with Gasteiger partial charge in [0.15, 0.2) is 0 Å². The van der Waals surface area contributed by atoms with Gasteiger partial charge in [0.25, 0.3) is 0 Å². The summed E-state index contributed by atoms with van der Waals surface area (Å²) in [5, 5.41) is 3.36. The van der Waals surface area contributed by atoms with E-state index in [1.807, 2.05) is 37.9 Å². The average Bonchev–Trinajstić information content (AvgIpc) is 2.75. The minimum absolute atomic E-state index is 0.771. The number of nitrogens with zero attached hydrogens (tertiary/aromatic N) is 2. The number of nitrogens with one attached hydrogen (secondary N) is 1. The Morgan fingerprint density at radius 1 is 1.38 bits per heavy atom. The van der Waals surface area contributed by atoms with Gasteiger partial charge in [-0.3, -0.25) is 0 Å². The van der Waals surface area contributed by atoms with Gasteiger partial charge in [-0.1, -0.05) is 0 Å². The fourth-order valence-corrected chi connectivity index (χ4v) is 1.73. The monoisotopic (exact) mass is 219 g/mol. The maximum absolute atomic E-state index is 5.47. The molecule has 4 heteroatoms. The van der Waals surface area contributed by atoms with Crippen LogP contribution in [-0.2, 0) is 20.1 Å². The first kappa shape index (κ1) is 11.0. The van der Waals surface area contributed by atoms with Gasteiger partial charge < -0.3 is 14.3 Å². The highest BCUT2D eigenvalue weighted by Crippen LogP contribution is 2.13.